The predicted molar refractivity (Wildman–Crippen MR) is 77.0 cm³/mol. The number of aliphatic hydroxyl groups excluding tert-OH is 1. The molecular weight excluding hydrogens is 262 g/mol. The Balaban J connectivity index is 2.32. The van der Waals surface area contributed by atoms with Crippen LogP contribution < -0.4 is 0 Å². The zero-order chi connectivity index (χ0) is 14.3. The van der Waals surface area contributed by atoms with Crippen molar-refractivity contribution in [1.82, 2.24) is 4.90 Å². The molecule has 0 saturated carbocycles. The minimum Gasteiger partial charge on any atom is -0.392 e. The second-order valence-corrected chi connectivity index (χ2v) is 6.23. The van der Waals surface area contributed by atoms with Crippen LogP contribution in [0.25, 0.3) is 0 Å². The Morgan fingerprint density at radius 2 is 1.79 bits per heavy atom. The van der Waals surface area contributed by atoms with E-state index in [1.54, 1.807) is 19.0 Å². The average Bonchev–Trinajstić information content (AvgIpc) is 2.39. The molecule has 1 rings (SSSR count). The molecule has 1 amide bonds. The molecule has 19 heavy (non-hydrogen) atoms. The Bertz CT molecular complexity index is 429. The van der Waals surface area contributed by atoms with E-state index in [2.05, 4.69) is 0 Å². The van der Waals surface area contributed by atoms with Crippen LogP contribution in [0.2, 0.25) is 0 Å². The highest BCUT2D eigenvalue weighted by molar-refractivity contribution is 7.84. The number of aliphatic hydroxyl groups is 1. The van der Waals surface area contributed by atoms with E-state index in [4.69, 9.17) is 5.11 Å². The van der Waals surface area contributed by atoms with Gasteiger partial charge in [0.15, 0.2) is 0 Å². The first kappa shape index (κ1) is 15.9. The molecule has 1 N–H and O–H groups in total. The lowest BCUT2D eigenvalue weighted by atomic mass is 10.2. The summed E-state index contributed by atoms with van der Waals surface area (Å²) >= 11 is 0. The highest BCUT2D eigenvalue weighted by Crippen LogP contribution is 2.08. The molecule has 0 saturated heterocycles. The van der Waals surface area contributed by atoms with Crippen molar-refractivity contribution in [3.8, 4) is 0 Å². The first-order chi connectivity index (χ1) is 9.02. The van der Waals surface area contributed by atoms with Gasteiger partial charge >= 0.3 is 0 Å². The van der Waals surface area contributed by atoms with Crippen LogP contribution in [0.3, 0.4) is 0 Å². The summed E-state index contributed by atoms with van der Waals surface area (Å²) in [7, 11) is 2.51. The molecule has 0 bridgehead atoms. The van der Waals surface area contributed by atoms with Gasteiger partial charge in [0.2, 0.25) is 5.91 Å². The lowest BCUT2D eigenvalue weighted by Crippen LogP contribution is -2.21. The minimum absolute atomic E-state index is 0.0238. The summed E-state index contributed by atoms with van der Waals surface area (Å²) in [6, 6.07) is 7.44. The number of hydrogen-bond donors (Lipinski definition) is 1. The summed E-state index contributed by atoms with van der Waals surface area (Å²) in [5, 5.41) is 8.93. The van der Waals surface area contributed by atoms with Crippen molar-refractivity contribution in [1.29, 1.82) is 0 Å². The van der Waals surface area contributed by atoms with Gasteiger partial charge in [-0.05, 0) is 17.5 Å². The monoisotopic (exact) mass is 283 g/mol. The molecule has 1 unspecified atom stereocenters. The summed E-state index contributed by atoms with van der Waals surface area (Å²) < 4.78 is 11.9. The summed E-state index contributed by atoms with van der Waals surface area (Å²) in [5.41, 5.74) is 1.85. The Morgan fingerprint density at radius 1 is 1.21 bits per heavy atom. The molecule has 0 heterocycles. The fraction of sp³-hybridized carbons (Fsp3) is 0.500. The molecule has 1 atom stereocenters. The van der Waals surface area contributed by atoms with Crippen LogP contribution in [0.1, 0.15) is 24.0 Å². The van der Waals surface area contributed by atoms with Gasteiger partial charge in [-0.1, -0.05) is 24.3 Å². The zero-order valence-corrected chi connectivity index (χ0v) is 12.3. The van der Waals surface area contributed by atoms with Crippen molar-refractivity contribution < 1.29 is 14.1 Å². The van der Waals surface area contributed by atoms with Gasteiger partial charge in [-0.25, -0.2) is 0 Å². The Labute approximate surface area is 116 Å². The Morgan fingerprint density at radius 3 is 2.32 bits per heavy atom. The third kappa shape index (κ3) is 5.98. The van der Waals surface area contributed by atoms with Crippen molar-refractivity contribution in [2.75, 3.05) is 19.8 Å². The van der Waals surface area contributed by atoms with Crippen LogP contribution in [-0.4, -0.2) is 40.0 Å². The third-order valence-corrected chi connectivity index (χ3v) is 4.19. The molecule has 0 fully saturated rings. The van der Waals surface area contributed by atoms with Crippen LogP contribution in [0.4, 0.5) is 0 Å². The fourth-order valence-electron chi connectivity index (χ4n) is 1.61. The molecule has 0 spiro atoms. The maximum atomic E-state index is 11.9. The summed E-state index contributed by atoms with van der Waals surface area (Å²) in [6.45, 7) is 0.0238. The standard InChI is InChI=1S/C14H21NO3S/c1-15(2)14(17)4-3-9-19(18)11-13-7-5-12(10-16)6-8-13/h5-8,16H,3-4,9-11H2,1-2H3. The lowest BCUT2D eigenvalue weighted by molar-refractivity contribution is -0.128. The number of amides is 1. The molecule has 106 valence electrons. The SMILES string of the molecule is CN(C)C(=O)CCCS(=O)Cc1ccc(CO)cc1. The van der Waals surface area contributed by atoms with E-state index in [0.29, 0.717) is 24.3 Å². The number of carbonyl (C=O) groups excluding carboxylic acids is 1. The highest BCUT2D eigenvalue weighted by Gasteiger charge is 2.06. The Hall–Kier alpha value is -1.20. The van der Waals surface area contributed by atoms with E-state index in [1.807, 2.05) is 24.3 Å². The second-order valence-electron chi connectivity index (χ2n) is 4.65. The molecule has 1 aromatic carbocycles. The summed E-state index contributed by atoms with van der Waals surface area (Å²) in [6.07, 6.45) is 1.10. The van der Waals surface area contributed by atoms with Crippen molar-refractivity contribution >= 4 is 16.7 Å². The second kappa shape index (κ2) is 8.07. The van der Waals surface area contributed by atoms with Gasteiger partial charge in [0.1, 0.15) is 0 Å². The number of carbonyl (C=O) groups is 1. The normalized spacial score (nSPS) is 12.2. The van der Waals surface area contributed by atoms with E-state index in [-0.39, 0.29) is 12.5 Å². The van der Waals surface area contributed by atoms with Gasteiger partial charge in [-0.2, -0.15) is 0 Å². The fourth-order valence-corrected chi connectivity index (χ4v) is 2.78. The summed E-state index contributed by atoms with van der Waals surface area (Å²) in [5.74, 6) is 1.12. The third-order valence-electron chi connectivity index (χ3n) is 2.79. The maximum Gasteiger partial charge on any atom is 0.222 e. The first-order valence-corrected chi connectivity index (χ1v) is 7.75. The Kier molecular flexibility index (Phi) is 6.73. The van der Waals surface area contributed by atoms with Gasteiger partial charge in [0.05, 0.1) is 6.61 Å². The molecule has 4 nitrogen and oxygen atoms in total. The average molecular weight is 283 g/mol. The maximum absolute atomic E-state index is 11.9. The van der Waals surface area contributed by atoms with Crippen LogP contribution in [0.5, 0.6) is 0 Å². The lowest BCUT2D eigenvalue weighted by Gasteiger charge is -2.09. The molecule has 0 aliphatic rings. The van der Waals surface area contributed by atoms with E-state index < -0.39 is 10.8 Å². The van der Waals surface area contributed by atoms with Crippen molar-refractivity contribution in [3.05, 3.63) is 35.4 Å². The number of hydrogen-bond acceptors (Lipinski definition) is 3. The van der Waals surface area contributed by atoms with Crippen LogP contribution in [-0.2, 0) is 28.0 Å². The summed E-state index contributed by atoms with van der Waals surface area (Å²) in [4.78, 5) is 12.9. The molecular formula is C14H21NO3S. The van der Waals surface area contributed by atoms with Gasteiger partial charge in [-0.15, -0.1) is 0 Å². The number of benzene rings is 1. The molecule has 1 aromatic rings. The molecule has 0 aromatic heterocycles. The van der Waals surface area contributed by atoms with Gasteiger partial charge in [-0.3, -0.25) is 9.00 Å². The predicted octanol–water partition coefficient (Wildman–Crippen LogP) is 1.30. The highest BCUT2D eigenvalue weighted by atomic mass is 32.2. The van der Waals surface area contributed by atoms with E-state index in [0.717, 1.165) is 11.1 Å². The van der Waals surface area contributed by atoms with Gasteiger partial charge in [0.25, 0.3) is 0 Å². The first-order valence-electron chi connectivity index (χ1n) is 6.26. The van der Waals surface area contributed by atoms with Crippen molar-refractivity contribution in [3.63, 3.8) is 0 Å². The topological polar surface area (TPSA) is 57.6 Å². The molecule has 5 heteroatoms. The minimum atomic E-state index is -0.942. The number of rotatable bonds is 7. The molecule has 0 aliphatic carbocycles. The number of nitrogens with zero attached hydrogens (tertiary/aromatic N) is 1. The van der Waals surface area contributed by atoms with Crippen LogP contribution in [0.15, 0.2) is 24.3 Å². The van der Waals surface area contributed by atoms with Crippen LogP contribution in [0, 0.1) is 0 Å². The zero-order valence-electron chi connectivity index (χ0n) is 11.5. The van der Waals surface area contributed by atoms with Gasteiger partial charge in [0, 0.05) is 42.8 Å². The molecule has 0 aliphatic heterocycles. The smallest absolute Gasteiger partial charge is 0.222 e. The van der Waals surface area contributed by atoms with Crippen molar-refractivity contribution in [2.24, 2.45) is 0 Å². The van der Waals surface area contributed by atoms with Gasteiger partial charge < -0.3 is 10.0 Å². The quantitative estimate of drug-likeness (QED) is 0.820. The van der Waals surface area contributed by atoms with Crippen molar-refractivity contribution in [2.45, 2.75) is 25.2 Å². The van der Waals surface area contributed by atoms with E-state index in [9.17, 15) is 9.00 Å². The van der Waals surface area contributed by atoms with E-state index in [1.165, 1.54) is 0 Å². The van der Waals surface area contributed by atoms with E-state index >= 15 is 0 Å². The largest absolute Gasteiger partial charge is 0.392 e. The molecule has 0 radical (unpaired) electrons. The van der Waals surface area contributed by atoms with Crippen LogP contribution >= 0.6 is 0 Å².